The predicted molar refractivity (Wildman–Crippen MR) is 67.2 cm³/mol. The lowest BCUT2D eigenvalue weighted by Gasteiger charge is -2.44. The van der Waals surface area contributed by atoms with Crippen molar-refractivity contribution in [2.24, 2.45) is 5.92 Å². The van der Waals surface area contributed by atoms with Gasteiger partial charge in [0.1, 0.15) is 6.29 Å². The van der Waals surface area contributed by atoms with Crippen LogP contribution in [0.1, 0.15) is 39.0 Å². The molecule has 0 amide bonds. The van der Waals surface area contributed by atoms with Gasteiger partial charge in [-0.25, -0.2) is 0 Å². The van der Waals surface area contributed by atoms with Crippen molar-refractivity contribution in [1.82, 2.24) is 4.90 Å². The zero-order chi connectivity index (χ0) is 12.6. The number of nitrogens with zero attached hydrogens (tertiary/aromatic N) is 1. The molecule has 4 nitrogen and oxygen atoms in total. The van der Waals surface area contributed by atoms with E-state index in [2.05, 4.69) is 11.8 Å². The zero-order valence-corrected chi connectivity index (χ0v) is 11.1. The van der Waals surface area contributed by atoms with E-state index in [9.17, 15) is 4.79 Å². The van der Waals surface area contributed by atoms with Crippen LogP contribution >= 0.6 is 0 Å². The number of rotatable bonds is 2. The molecule has 1 spiro atoms. The number of hydrogen-bond acceptors (Lipinski definition) is 4. The van der Waals surface area contributed by atoms with Crippen molar-refractivity contribution in [2.45, 2.75) is 56.9 Å². The first kappa shape index (κ1) is 12.6. The highest BCUT2D eigenvalue weighted by Crippen LogP contribution is 2.41. The molecule has 0 bridgehead atoms. The molecule has 0 aromatic rings. The molecular formula is C14H23NO3. The van der Waals surface area contributed by atoms with Gasteiger partial charge in [-0.3, -0.25) is 4.90 Å². The molecule has 3 rings (SSSR count). The van der Waals surface area contributed by atoms with Crippen molar-refractivity contribution < 1.29 is 14.3 Å². The zero-order valence-electron chi connectivity index (χ0n) is 11.1. The molecule has 2 heterocycles. The van der Waals surface area contributed by atoms with Crippen molar-refractivity contribution in [2.75, 3.05) is 19.8 Å². The van der Waals surface area contributed by atoms with Crippen molar-refractivity contribution >= 4 is 6.29 Å². The summed E-state index contributed by atoms with van der Waals surface area (Å²) in [5.41, 5.74) is 0. The Morgan fingerprint density at radius 1 is 1.28 bits per heavy atom. The third-order valence-corrected chi connectivity index (χ3v) is 4.85. The Hall–Kier alpha value is -0.450. The van der Waals surface area contributed by atoms with Crippen molar-refractivity contribution in [1.29, 1.82) is 0 Å². The van der Waals surface area contributed by atoms with Crippen molar-refractivity contribution in [3.63, 3.8) is 0 Å². The monoisotopic (exact) mass is 253 g/mol. The van der Waals surface area contributed by atoms with E-state index in [-0.39, 0.29) is 11.8 Å². The van der Waals surface area contributed by atoms with Gasteiger partial charge in [0.2, 0.25) is 0 Å². The predicted octanol–water partition coefficient (Wildman–Crippen LogP) is 1.58. The molecular weight excluding hydrogens is 230 g/mol. The average molecular weight is 253 g/mol. The van der Waals surface area contributed by atoms with E-state index < -0.39 is 0 Å². The van der Waals surface area contributed by atoms with Gasteiger partial charge in [0, 0.05) is 18.9 Å². The third kappa shape index (κ3) is 2.10. The summed E-state index contributed by atoms with van der Waals surface area (Å²) in [7, 11) is 0. The average Bonchev–Trinajstić information content (AvgIpc) is 2.99. The standard InChI is InChI=1S/C14H23NO3/c1-11-9-14(17-7-8-18-14)5-4-13(11)15-6-2-3-12(15)10-16/h10-13H,2-9H2,1H3. The van der Waals surface area contributed by atoms with Crippen LogP contribution in [0.2, 0.25) is 0 Å². The number of hydrogen-bond donors (Lipinski definition) is 0. The largest absolute Gasteiger partial charge is 0.348 e. The molecule has 3 fully saturated rings. The summed E-state index contributed by atoms with van der Waals surface area (Å²) in [5.74, 6) is 0.240. The second-order valence-corrected chi connectivity index (χ2v) is 5.98. The van der Waals surface area contributed by atoms with E-state index in [1.807, 2.05) is 0 Å². The summed E-state index contributed by atoms with van der Waals surface area (Å²) in [6.07, 6.45) is 6.36. The van der Waals surface area contributed by atoms with Crippen LogP contribution in [0.25, 0.3) is 0 Å². The van der Waals surface area contributed by atoms with E-state index >= 15 is 0 Å². The lowest BCUT2D eigenvalue weighted by Crippen LogP contribution is -2.50. The summed E-state index contributed by atoms with van der Waals surface area (Å²) in [4.78, 5) is 13.5. The molecule has 0 N–H and O–H groups in total. The van der Waals surface area contributed by atoms with Crippen LogP contribution in [0.3, 0.4) is 0 Å². The molecule has 1 aliphatic carbocycles. The Balaban J connectivity index is 1.67. The Morgan fingerprint density at radius 3 is 2.72 bits per heavy atom. The molecule has 2 saturated heterocycles. The Kier molecular flexibility index (Phi) is 3.43. The van der Waals surface area contributed by atoms with Crippen LogP contribution in [-0.4, -0.2) is 48.8 Å². The van der Waals surface area contributed by atoms with E-state index in [1.54, 1.807) is 0 Å². The minimum Gasteiger partial charge on any atom is -0.348 e. The number of aldehydes is 1. The Bertz CT molecular complexity index is 314. The first-order valence-corrected chi connectivity index (χ1v) is 7.23. The fourth-order valence-corrected chi connectivity index (χ4v) is 4.01. The van der Waals surface area contributed by atoms with E-state index in [4.69, 9.17) is 9.47 Å². The summed E-state index contributed by atoms with van der Waals surface area (Å²) in [6.45, 7) is 4.82. The maximum Gasteiger partial charge on any atom is 0.168 e. The highest BCUT2D eigenvalue weighted by molar-refractivity contribution is 5.58. The van der Waals surface area contributed by atoms with Crippen molar-refractivity contribution in [3.05, 3.63) is 0 Å². The quantitative estimate of drug-likeness (QED) is 0.700. The second kappa shape index (κ2) is 4.91. The highest BCUT2D eigenvalue weighted by Gasteiger charge is 2.46. The number of ether oxygens (including phenoxy) is 2. The van der Waals surface area contributed by atoms with Crippen LogP contribution in [0.15, 0.2) is 0 Å². The Morgan fingerprint density at radius 2 is 2.06 bits per heavy atom. The van der Waals surface area contributed by atoms with Gasteiger partial charge in [0.25, 0.3) is 0 Å². The smallest absolute Gasteiger partial charge is 0.168 e. The van der Waals surface area contributed by atoms with Gasteiger partial charge >= 0.3 is 0 Å². The Labute approximate surface area is 109 Å². The molecule has 0 aromatic carbocycles. The van der Waals surface area contributed by atoms with Crippen LogP contribution in [0, 0.1) is 5.92 Å². The minimum absolute atomic E-state index is 0.150. The van der Waals surface area contributed by atoms with E-state index in [1.165, 1.54) is 0 Å². The number of carbonyl (C=O) groups excluding carboxylic acids is 1. The first-order chi connectivity index (χ1) is 8.74. The van der Waals surface area contributed by atoms with Gasteiger partial charge in [-0.05, 0) is 31.7 Å². The molecule has 3 aliphatic rings. The normalized spacial score (nSPS) is 40.4. The highest BCUT2D eigenvalue weighted by atomic mass is 16.7. The summed E-state index contributed by atoms with van der Waals surface area (Å²) in [6, 6.07) is 0.679. The fraction of sp³-hybridized carbons (Fsp3) is 0.929. The van der Waals surface area contributed by atoms with Crippen LogP contribution in [0.5, 0.6) is 0 Å². The van der Waals surface area contributed by atoms with Gasteiger partial charge in [-0.15, -0.1) is 0 Å². The number of carbonyl (C=O) groups is 1. The van der Waals surface area contributed by atoms with E-state index in [0.29, 0.717) is 12.0 Å². The van der Waals surface area contributed by atoms with Gasteiger partial charge in [-0.1, -0.05) is 6.92 Å². The van der Waals surface area contributed by atoms with Gasteiger partial charge in [0.05, 0.1) is 19.3 Å². The molecule has 1 saturated carbocycles. The molecule has 4 heteroatoms. The SMILES string of the molecule is CC1CC2(CCC1N1CCCC1C=O)OCCO2. The summed E-state index contributed by atoms with van der Waals surface area (Å²) >= 11 is 0. The van der Waals surface area contributed by atoms with Gasteiger partial charge in [-0.2, -0.15) is 0 Å². The van der Waals surface area contributed by atoms with E-state index in [0.717, 1.165) is 58.1 Å². The second-order valence-electron chi connectivity index (χ2n) is 5.98. The van der Waals surface area contributed by atoms with Crippen molar-refractivity contribution in [3.8, 4) is 0 Å². The minimum atomic E-state index is -0.299. The molecule has 2 aliphatic heterocycles. The molecule has 3 atom stereocenters. The maximum atomic E-state index is 11.1. The number of likely N-dealkylation sites (tertiary alicyclic amines) is 1. The lowest BCUT2D eigenvalue weighted by molar-refractivity contribution is -0.195. The summed E-state index contributed by atoms with van der Waals surface area (Å²) < 4.78 is 11.6. The van der Waals surface area contributed by atoms with Crippen LogP contribution in [0.4, 0.5) is 0 Å². The molecule has 18 heavy (non-hydrogen) atoms. The van der Waals surface area contributed by atoms with Crippen LogP contribution < -0.4 is 0 Å². The first-order valence-electron chi connectivity index (χ1n) is 7.23. The maximum absolute atomic E-state index is 11.1. The molecule has 0 aromatic heterocycles. The molecule has 3 unspecified atom stereocenters. The molecule has 102 valence electrons. The van der Waals surface area contributed by atoms with Gasteiger partial charge < -0.3 is 14.3 Å². The summed E-state index contributed by atoms with van der Waals surface area (Å²) in [5, 5.41) is 0. The third-order valence-electron chi connectivity index (χ3n) is 4.85. The van der Waals surface area contributed by atoms with Crippen LogP contribution in [-0.2, 0) is 14.3 Å². The van der Waals surface area contributed by atoms with Gasteiger partial charge in [0.15, 0.2) is 5.79 Å². The lowest BCUT2D eigenvalue weighted by atomic mass is 9.80. The fourth-order valence-electron chi connectivity index (χ4n) is 4.01. The topological polar surface area (TPSA) is 38.8 Å². The molecule has 0 radical (unpaired) electrons.